The molecule has 1 fully saturated rings. The van der Waals surface area contributed by atoms with Gasteiger partial charge in [-0.3, -0.25) is 13.9 Å². The molecule has 16 heteroatoms. The molecule has 1 saturated heterocycles. The molecule has 5 atom stereocenters. The first-order valence-corrected chi connectivity index (χ1v) is 10.2. The van der Waals surface area contributed by atoms with Crippen molar-refractivity contribution in [3.63, 3.8) is 0 Å². The zero-order valence-corrected chi connectivity index (χ0v) is 14.5. The first kappa shape index (κ1) is 21.0. The van der Waals surface area contributed by atoms with Gasteiger partial charge in [0.15, 0.2) is 12.3 Å². The van der Waals surface area contributed by atoms with E-state index >= 15 is 0 Å². The number of Topliss-reactive ketones (excluding diaryl/α,β-unsaturated/α-hetero) is 1. The van der Waals surface area contributed by atoms with Crippen LogP contribution in [0.5, 0.6) is 0 Å². The Hall–Kier alpha value is -1.31. The van der Waals surface area contributed by atoms with Crippen molar-refractivity contribution in [2.24, 2.45) is 0 Å². The first-order chi connectivity index (χ1) is 11.7. The average Bonchev–Trinajstić information content (AvgIpc) is 2.72. The summed E-state index contributed by atoms with van der Waals surface area (Å²) in [6.07, 6.45) is -6.87. The van der Waals surface area contributed by atoms with Crippen molar-refractivity contribution in [3.8, 4) is 0 Å². The van der Waals surface area contributed by atoms with Crippen LogP contribution >= 0.6 is 15.5 Å². The molecule has 9 N–H and O–H groups in total. The van der Waals surface area contributed by atoms with Gasteiger partial charge >= 0.3 is 26.6 Å². The van der Waals surface area contributed by atoms with Crippen LogP contribution in [0.25, 0.3) is 0 Å². The van der Waals surface area contributed by atoms with E-state index in [1.807, 2.05) is 0 Å². The number of hydrogen-bond acceptors (Lipinski definition) is 11. The fraction of sp³-hybridized carbons (Fsp3) is 0.500. The number of nitrogens with two attached hydrogens (primary N) is 1. The summed E-state index contributed by atoms with van der Waals surface area (Å²) in [5.41, 5.74) is 4.28. The lowest BCUT2D eigenvalue weighted by atomic mass is 10.1. The van der Waals surface area contributed by atoms with Crippen LogP contribution in [0.2, 0.25) is 0 Å². The van der Waals surface area contributed by atoms with Crippen LogP contribution < -0.4 is 11.4 Å². The van der Waals surface area contributed by atoms with Crippen molar-refractivity contribution < 1.29 is 48.8 Å². The summed E-state index contributed by atoms with van der Waals surface area (Å²) >= 11 is 0. The molecule has 14 nitrogen and oxygen atoms in total. The minimum absolute atomic E-state index is 0.163. The summed E-state index contributed by atoms with van der Waals surface area (Å²) in [4.78, 5) is 73.2. The van der Waals surface area contributed by atoms with E-state index in [1.54, 1.807) is 0 Å². The van der Waals surface area contributed by atoms with Gasteiger partial charge in [0.05, 0.1) is 0 Å². The Morgan fingerprint density at radius 3 is 2.35 bits per heavy atom. The van der Waals surface area contributed by atoms with Crippen molar-refractivity contribution in [2.45, 2.75) is 29.9 Å². The molecule has 2 heterocycles. The highest BCUT2D eigenvalue weighted by Gasteiger charge is 2.64. The molecular formula is C10H16N3O11P2+. The molecule has 0 amide bonds. The van der Waals surface area contributed by atoms with Crippen LogP contribution in [0.15, 0.2) is 17.1 Å². The van der Waals surface area contributed by atoms with Crippen LogP contribution in [-0.2, 0) is 14.1 Å². The third-order valence-electron chi connectivity index (χ3n) is 3.55. The van der Waals surface area contributed by atoms with Crippen LogP contribution in [0.1, 0.15) is 6.23 Å². The quantitative estimate of drug-likeness (QED) is 0.215. The second kappa shape index (κ2) is 7.02. The van der Waals surface area contributed by atoms with Crippen LogP contribution in [0.4, 0.5) is 5.82 Å². The van der Waals surface area contributed by atoms with Gasteiger partial charge in [-0.05, 0) is 6.07 Å². The highest BCUT2D eigenvalue weighted by atomic mass is 31.3. The third kappa shape index (κ3) is 4.00. The van der Waals surface area contributed by atoms with E-state index in [0.717, 1.165) is 12.3 Å². The molecule has 1 aliphatic heterocycles. The molecule has 0 aromatic carbocycles. The van der Waals surface area contributed by atoms with Gasteiger partial charge < -0.3 is 30.5 Å². The molecule has 146 valence electrons. The number of aliphatic hydroxyl groups excluding tert-OH is 2. The second-order valence-corrected chi connectivity index (χ2v) is 9.30. The van der Waals surface area contributed by atoms with Crippen molar-refractivity contribution in [3.05, 3.63) is 22.7 Å². The predicted octanol–water partition coefficient (Wildman–Crippen LogP) is -3.74. The molecule has 0 bridgehead atoms. The number of ketones is 1. The number of rotatable bonds is 5. The van der Waals surface area contributed by atoms with Crippen molar-refractivity contribution in [2.75, 3.05) is 5.73 Å². The fourth-order valence-corrected chi connectivity index (χ4v) is 5.01. The van der Waals surface area contributed by atoms with E-state index in [2.05, 4.69) is 4.98 Å². The largest absolute Gasteiger partial charge is 0.427 e. The third-order valence-corrected chi connectivity index (χ3v) is 7.18. The van der Waals surface area contributed by atoms with Gasteiger partial charge in [-0.2, -0.15) is 19.7 Å². The van der Waals surface area contributed by atoms with Crippen LogP contribution in [-0.4, -0.2) is 73.7 Å². The molecule has 3 unspecified atom stereocenters. The Morgan fingerprint density at radius 2 is 1.88 bits per heavy atom. The summed E-state index contributed by atoms with van der Waals surface area (Å²) in [6, 6.07) is 1.14. The van der Waals surface area contributed by atoms with Crippen LogP contribution in [0.3, 0.4) is 0 Å². The van der Waals surface area contributed by atoms with Crippen molar-refractivity contribution in [1.82, 2.24) is 9.55 Å². The van der Waals surface area contributed by atoms with Gasteiger partial charge in [0.25, 0.3) is 0 Å². The molecule has 26 heavy (non-hydrogen) atoms. The standard InChI is InChI=1S/C10H15N3O11P2/c11-3-1-2-13(10(17)12-3)8-5(15)4(14)7(24-8)6(16)9(25(18,19)20)26(21,22)23/h1-2,4-5,7-9,14-15,18-20H,(H3-,11,12,17,21,22,23)/p+1/t4?,5?,7-,8+,9?/m0/s1. The average molecular weight is 416 g/mol. The summed E-state index contributed by atoms with van der Waals surface area (Å²) < 4.78 is 17.0. The summed E-state index contributed by atoms with van der Waals surface area (Å²) in [7, 11) is -11.0. The number of hydrogen-bond donors (Lipinski definition) is 8. The maximum Gasteiger partial charge on any atom is 0.427 e. The van der Waals surface area contributed by atoms with Gasteiger partial charge in [-0.25, -0.2) is 4.79 Å². The molecule has 0 spiro atoms. The van der Waals surface area contributed by atoms with Gasteiger partial charge in [0, 0.05) is 6.20 Å². The number of anilines is 1. The Bertz CT molecular complexity index is 802. The Balaban J connectivity index is 2.38. The number of nitrogens with zero attached hydrogens (tertiary/aromatic N) is 2. The molecule has 2 rings (SSSR count). The van der Waals surface area contributed by atoms with Crippen molar-refractivity contribution in [1.29, 1.82) is 0 Å². The molecule has 0 radical (unpaired) electrons. The zero-order valence-electron chi connectivity index (χ0n) is 12.7. The Labute approximate surface area is 144 Å². The van der Waals surface area contributed by atoms with E-state index in [4.69, 9.17) is 20.3 Å². The maximum absolute atomic E-state index is 12.2. The number of aromatic nitrogens is 2. The second-order valence-electron chi connectivity index (χ2n) is 5.45. The Kier molecular flexibility index (Phi) is 5.67. The highest BCUT2D eigenvalue weighted by Crippen LogP contribution is 2.65. The predicted molar refractivity (Wildman–Crippen MR) is 83.2 cm³/mol. The molecule has 1 aliphatic rings. The minimum atomic E-state index is -5.58. The number of ether oxygens (including phenoxy) is 1. The van der Waals surface area contributed by atoms with Gasteiger partial charge in [-0.1, -0.05) is 0 Å². The van der Waals surface area contributed by atoms with E-state index < -0.39 is 57.0 Å². The molecule has 0 saturated carbocycles. The molecule has 0 aliphatic carbocycles. The topological polar surface area (TPSA) is 246 Å². The lowest BCUT2D eigenvalue weighted by molar-refractivity contribution is -0.134. The van der Waals surface area contributed by atoms with Crippen molar-refractivity contribution >= 4 is 27.1 Å². The van der Waals surface area contributed by atoms with Gasteiger partial charge in [0.2, 0.25) is 5.78 Å². The molecular weight excluding hydrogens is 400 g/mol. The van der Waals surface area contributed by atoms with Gasteiger partial charge in [-0.15, -0.1) is 0 Å². The van der Waals surface area contributed by atoms with E-state index in [1.165, 1.54) is 0 Å². The number of nitrogen functional groups attached to an aromatic ring is 1. The smallest absolute Gasteiger partial charge is 0.387 e. The fourth-order valence-electron chi connectivity index (χ4n) is 2.43. The lowest BCUT2D eigenvalue weighted by Gasteiger charge is -2.21. The summed E-state index contributed by atoms with van der Waals surface area (Å²) in [5.74, 6) is -1.92. The number of carbonyl (C=O) groups excluding carboxylic acids is 1. The number of aliphatic hydroxyl groups is 2. The highest BCUT2D eigenvalue weighted by molar-refractivity contribution is 7.76. The van der Waals surface area contributed by atoms with E-state index in [9.17, 15) is 39.0 Å². The van der Waals surface area contributed by atoms with Gasteiger partial charge in [0.1, 0.15) is 18.0 Å². The van der Waals surface area contributed by atoms with E-state index in [0.29, 0.717) is 4.57 Å². The zero-order chi connectivity index (χ0) is 20.0. The monoisotopic (exact) mass is 416 g/mol. The summed E-state index contributed by atoms with van der Waals surface area (Å²) in [6.45, 7) is 0. The Morgan fingerprint density at radius 1 is 1.31 bits per heavy atom. The normalized spacial score (nSPS) is 28.1. The van der Waals surface area contributed by atoms with Crippen LogP contribution in [0, 0.1) is 0 Å². The molecule has 1 aromatic rings. The lowest BCUT2D eigenvalue weighted by Crippen LogP contribution is -2.42. The number of carbonyl (C=O) groups is 1. The first-order valence-electron chi connectivity index (χ1n) is 6.77. The SMILES string of the molecule is Nc1ccn([C@@H]2O[C@H](C(=O)C(P(=O)(O)O)[P+](O)(O)O)C(O)C2O)c(=O)n1. The van der Waals surface area contributed by atoms with E-state index in [-0.39, 0.29) is 5.82 Å². The minimum Gasteiger partial charge on any atom is -0.387 e. The maximum atomic E-state index is 12.2. The summed E-state index contributed by atoms with van der Waals surface area (Å²) in [5, 5.41) is 17.0. The molecule has 1 aromatic heterocycles.